The Bertz CT molecular complexity index is 476. The number of unbranched alkanes of at least 4 members (excludes halogenated alkanes) is 1. The van der Waals surface area contributed by atoms with Gasteiger partial charge in [-0.3, -0.25) is 9.59 Å². The van der Waals surface area contributed by atoms with Crippen molar-refractivity contribution in [2.24, 2.45) is 10.8 Å². The fourth-order valence-electron chi connectivity index (χ4n) is 2.90. The molecule has 2 saturated heterocycles. The molecule has 7 heteroatoms. The topological polar surface area (TPSA) is 71.1 Å². The van der Waals surface area contributed by atoms with Crippen LogP contribution in [0.1, 0.15) is 52.9 Å². The molecular formula is C20H34O6S. The highest BCUT2D eigenvalue weighted by Crippen LogP contribution is 2.33. The fourth-order valence-corrected chi connectivity index (χ4v) is 4.10. The van der Waals surface area contributed by atoms with E-state index in [2.05, 4.69) is 20.8 Å². The normalized spacial score (nSPS) is 20.9. The second-order valence-corrected chi connectivity index (χ2v) is 9.19. The summed E-state index contributed by atoms with van der Waals surface area (Å²) in [6.07, 6.45) is 3.94. The highest BCUT2D eigenvalue weighted by atomic mass is 32.2. The number of thioether (sulfide) groups is 1. The zero-order valence-corrected chi connectivity index (χ0v) is 17.7. The van der Waals surface area contributed by atoms with Crippen molar-refractivity contribution in [3.8, 4) is 0 Å². The molecule has 0 saturated carbocycles. The third-order valence-electron chi connectivity index (χ3n) is 5.62. The van der Waals surface area contributed by atoms with E-state index in [1.165, 1.54) is 11.8 Å². The Morgan fingerprint density at radius 2 is 1.52 bits per heavy atom. The molecule has 0 radical (unpaired) electrons. The van der Waals surface area contributed by atoms with E-state index in [1.807, 2.05) is 0 Å². The fraction of sp³-hybridized carbons (Fsp3) is 0.900. The maximum Gasteiger partial charge on any atom is 0.319 e. The highest BCUT2D eigenvalue weighted by molar-refractivity contribution is 8.00. The van der Waals surface area contributed by atoms with E-state index in [9.17, 15) is 9.59 Å². The Morgan fingerprint density at radius 3 is 1.96 bits per heavy atom. The van der Waals surface area contributed by atoms with Gasteiger partial charge in [0.25, 0.3) is 0 Å². The van der Waals surface area contributed by atoms with Crippen molar-refractivity contribution >= 4 is 23.7 Å². The van der Waals surface area contributed by atoms with Gasteiger partial charge in [0.1, 0.15) is 18.5 Å². The van der Waals surface area contributed by atoms with E-state index in [4.69, 9.17) is 18.9 Å². The lowest BCUT2D eigenvalue weighted by Crippen LogP contribution is -2.47. The predicted molar refractivity (Wildman–Crippen MR) is 105 cm³/mol. The van der Waals surface area contributed by atoms with Crippen LogP contribution in [0.15, 0.2) is 0 Å². The molecule has 2 heterocycles. The Morgan fingerprint density at radius 1 is 0.963 bits per heavy atom. The predicted octanol–water partition coefficient (Wildman–Crippen LogP) is 3.22. The molecule has 2 aliphatic heterocycles. The molecule has 1 unspecified atom stereocenters. The smallest absolute Gasteiger partial charge is 0.319 e. The van der Waals surface area contributed by atoms with E-state index >= 15 is 0 Å². The van der Waals surface area contributed by atoms with Crippen LogP contribution in [-0.4, -0.2) is 62.6 Å². The number of hydrogen-bond acceptors (Lipinski definition) is 7. The van der Waals surface area contributed by atoms with Crippen molar-refractivity contribution in [1.82, 2.24) is 0 Å². The van der Waals surface area contributed by atoms with Gasteiger partial charge in [-0.25, -0.2) is 0 Å². The molecule has 0 aromatic carbocycles. The Balaban J connectivity index is 1.82. The standard InChI is InChI=1S/C20H34O6S/c1-4-7-8-27-16(18(22)26-15-20(6-3)12-24-13-20)9-17(21)25-14-19(5-2)10-23-11-19/h16H,4-15H2,1-3H3. The van der Waals surface area contributed by atoms with Gasteiger partial charge in [0.05, 0.1) is 43.7 Å². The van der Waals surface area contributed by atoms with Gasteiger partial charge in [-0.15, -0.1) is 11.8 Å². The first kappa shape index (κ1) is 22.5. The van der Waals surface area contributed by atoms with Gasteiger partial charge in [-0.2, -0.15) is 0 Å². The summed E-state index contributed by atoms with van der Waals surface area (Å²) < 4.78 is 21.6. The second-order valence-electron chi connectivity index (χ2n) is 7.88. The average Bonchev–Trinajstić information content (AvgIpc) is 2.59. The van der Waals surface area contributed by atoms with Crippen molar-refractivity contribution in [2.45, 2.75) is 58.1 Å². The molecule has 0 aliphatic carbocycles. The molecule has 6 nitrogen and oxygen atoms in total. The van der Waals surface area contributed by atoms with Crippen LogP contribution in [0.4, 0.5) is 0 Å². The van der Waals surface area contributed by atoms with Crippen LogP contribution in [0, 0.1) is 10.8 Å². The summed E-state index contributed by atoms with van der Waals surface area (Å²) in [5.41, 5.74) is -0.0920. The molecule has 1 atom stereocenters. The molecule has 0 bridgehead atoms. The number of ether oxygens (including phenoxy) is 4. The van der Waals surface area contributed by atoms with Gasteiger partial charge in [-0.1, -0.05) is 27.2 Å². The summed E-state index contributed by atoms with van der Waals surface area (Å²) in [6.45, 7) is 9.51. The average molecular weight is 403 g/mol. The van der Waals surface area contributed by atoms with Crippen molar-refractivity contribution in [3.05, 3.63) is 0 Å². The second kappa shape index (κ2) is 10.7. The van der Waals surface area contributed by atoms with E-state index in [0.29, 0.717) is 39.6 Å². The van der Waals surface area contributed by atoms with Gasteiger partial charge in [0.15, 0.2) is 0 Å². The SMILES string of the molecule is CCCCSC(CC(=O)OCC1(CC)COC1)C(=O)OCC1(CC)COC1. The number of carbonyl (C=O) groups excluding carboxylic acids is 2. The lowest BCUT2D eigenvalue weighted by Gasteiger charge is -2.40. The molecule has 2 rings (SSSR count). The summed E-state index contributed by atoms with van der Waals surface area (Å²) in [5, 5.41) is -0.505. The zero-order chi connectivity index (χ0) is 19.8. The maximum absolute atomic E-state index is 12.6. The molecule has 27 heavy (non-hydrogen) atoms. The summed E-state index contributed by atoms with van der Waals surface area (Å²) in [6, 6.07) is 0. The first-order valence-corrected chi connectivity index (χ1v) is 11.1. The summed E-state index contributed by atoms with van der Waals surface area (Å²) >= 11 is 1.49. The first-order valence-electron chi connectivity index (χ1n) is 10.1. The van der Waals surface area contributed by atoms with Gasteiger partial charge >= 0.3 is 11.9 Å². The summed E-state index contributed by atoms with van der Waals surface area (Å²) in [7, 11) is 0. The van der Waals surface area contributed by atoms with E-state index in [-0.39, 0.29) is 29.2 Å². The van der Waals surface area contributed by atoms with Crippen LogP contribution < -0.4 is 0 Å². The van der Waals surface area contributed by atoms with Crippen molar-refractivity contribution in [3.63, 3.8) is 0 Å². The van der Waals surface area contributed by atoms with Gasteiger partial charge in [0, 0.05) is 0 Å². The maximum atomic E-state index is 12.6. The van der Waals surface area contributed by atoms with Crippen LogP contribution in [0.25, 0.3) is 0 Å². The van der Waals surface area contributed by atoms with Crippen LogP contribution >= 0.6 is 11.8 Å². The number of carbonyl (C=O) groups is 2. The van der Waals surface area contributed by atoms with Crippen molar-refractivity contribution in [1.29, 1.82) is 0 Å². The van der Waals surface area contributed by atoms with Crippen LogP contribution in [0.3, 0.4) is 0 Å². The molecular weight excluding hydrogens is 368 g/mol. The monoisotopic (exact) mass is 402 g/mol. The van der Waals surface area contributed by atoms with Crippen molar-refractivity contribution in [2.75, 3.05) is 45.4 Å². The van der Waals surface area contributed by atoms with E-state index < -0.39 is 5.25 Å². The minimum absolute atomic E-state index is 0.0429. The molecule has 0 aromatic heterocycles. The highest BCUT2D eigenvalue weighted by Gasteiger charge is 2.40. The number of hydrogen-bond donors (Lipinski definition) is 0. The van der Waals surface area contributed by atoms with Gasteiger partial charge in [0.2, 0.25) is 0 Å². The molecule has 0 amide bonds. The first-order chi connectivity index (χ1) is 13.0. The molecule has 0 N–H and O–H groups in total. The molecule has 156 valence electrons. The van der Waals surface area contributed by atoms with E-state index in [1.54, 1.807) is 0 Å². The molecule has 0 spiro atoms. The van der Waals surface area contributed by atoms with Crippen molar-refractivity contribution < 1.29 is 28.5 Å². The van der Waals surface area contributed by atoms with Gasteiger partial charge in [-0.05, 0) is 25.0 Å². The number of esters is 2. The van der Waals surface area contributed by atoms with Crippen LogP contribution in [-0.2, 0) is 28.5 Å². The Kier molecular flexibility index (Phi) is 8.89. The van der Waals surface area contributed by atoms with Crippen LogP contribution in [0.5, 0.6) is 0 Å². The third kappa shape index (κ3) is 6.36. The minimum atomic E-state index is -0.505. The Labute approximate surface area is 167 Å². The molecule has 0 aromatic rings. The number of rotatable bonds is 13. The third-order valence-corrected chi connectivity index (χ3v) is 6.91. The molecule has 2 aliphatic rings. The largest absolute Gasteiger partial charge is 0.465 e. The van der Waals surface area contributed by atoms with E-state index in [0.717, 1.165) is 31.4 Å². The lowest BCUT2D eigenvalue weighted by atomic mass is 9.84. The zero-order valence-electron chi connectivity index (χ0n) is 16.9. The van der Waals surface area contributed by atoms with Gasteiger partial charge < -0.3 is 18.9 Å². The quantitative estimate of drug-likeness (QED) is 0.346. The lowest BCUT2D eigenvalue weighted by molar-refractivity contribution is -0.174. The Hall–Kier alpha value is -0.790. The molecule has 2 fully saturated rings. The summed E-state index contributed by atoms with van der Waals surface area (Å²) in [5.74, 6) is 0.181. The summed E-state index contributed by atoms with van der Waals surface area (Å²) in [4.78, 5) is 24.9. The minimum Gasteiger partial charge on any atom is -0.465 e. The van der Waals surface area contributed by atoms with Crippen LogP contribution in [0.2, 0.25) is 0 Å².